The van der Waals surface area contributed by atoms with Crippen LogP contribution in [-0.4, -0.2) is 55.4 Å². The minimum absolute atomic E-state index is 0.0561. The van der Waals surface area contributed by atoms with Crippen LogP contribution in [0.1, 0.15) is 31.2 Å². The molecule has 0 spiro atoms. The number of ether oxygens (including phenoxy) is 2. The third-order valence-electron chi connectivity index (χ3n) is 5.46. The number of anilines is 2. The van der Waals surface area contributed by atoms with Crippen LogP contribution in [0.2, 0.25) is 0 Å². The van der Waals surface area contributed by atoms with E-state index < -0.39 is 0 Å². The van der Waals surface area contributed by atoms with Crippen molar-refractivity contribution >= 4 is 33.4 Å². The third-order valence-corrected chi connectivity index (χ3v) is 6.44. The maximum atomic E-state index is 12.9. The predicted octanol–water partition coefficient (Wildman–Crippen LogP) is 1.97. The molecule has 2 aliphatic heterocycles. The van der Waals surface area contributed by atoms with E-state index in [-0.39, 0.29) is 17.9 Å². The standard InChI is InChI=1S/C20H25N5O4S/c1-28-14-8-7-13(16(11-14)29-2)12-21-18(27)15-5-3-9-24(15)19-22-23-20(30-19)25-10-4-6-17(25)26/h7-8,11,15H,3-6,9-10,12H2,1-2H3,(H,21,27)/t15-/m1/s1. The molecule has 1 atom stereocenters. The summed E-state index contributed by atoms with van der Waals surface area (Å²) in [7, 11) is 3.19. The first kappa shape index (κ1) is 20.4. The smallest absolute Gasteiger partial charge is 0.243 e. The lowest BCUT2D eigenvalue weighted by Crippen LogP contribution is -2.43. The number of carbonyl (C=O) groups excluding carboxylic acids is 2. The summed E-state index contributed by atoms with van der Waals surface area (Å²) in [5.74, 6) is 1.40. The number of hydrogen-bond donors (Lipinski definition) is 1. The average molecular weight is 432 g/mol. The van der Waals surface area contributed by atoms with Crippen molar-refractivity contribution in [3.63, 3.8) is 0 Å². The number of nitrogens with zero attached hydrogens (tertiary/aromatic N) is 4. The number of methoxy groups -OCH3 is 2. The molecular weight excluding hydrogens is 406 g/mol. The van der Waals surface area contributed by atoms with Gasteiger partial charge < -0.3 is 19.7 Å². The third kappa shape index (κ3) is 4.04. The van der Waals surface area contributed by atoms with E-state index >= 15 is 0 Å². The van der Waals surface area contributed by atoms with Gasteiger partial charge in [0, 0.05) is 37.7 Å². The first-order chi connectivity index (χ1) is 14.6. The minimum atomic E-state index is -0.302. The Hall–Kier alpha value is -2.88. The Morgan fingerprint density at radius 3 is 2.77 bits per heavy atom. The number of carbonyl (C=O) groups is 2. The molecule has 0 radical (unpaired) electrons. The Bertz CT molecular complexity index is 934. The van der Waals surface area contributed by atoms with Crippen molar-refractivity contribution in [2.24, 2.45) is 0 Å². The van der Waals surface area contributed by atoms with Crippen molar-refractivity contribution in [3.05, 3.63) is 23.8 Å². The highest BCUT2D eigenvalue weighted by atomic mass is 32.1. The number of rotatable bonds is 7. The lowest BCUT2D eigenvalue weighted by atomic mass is 10.1. The Labute approximate surface area is 179 Å². The Morgan fingerprint density at radius 2 is 2.03 bits per heavy atom. The Balaban J connectivity index is 1.42. The van der Waals surface area contributed by atoms with Crippen molar-refractivity contribution < 1.29 is 19.1 Å². The number of aromatic nitrogens is 2. The van der Waals surface area contributed by atoms with Gasteiger partial charge in [0.1, 0.15) is 17.5 Å². The van der Waals surface area contributed by atoms with Gasteiger partial charge >= 0.3 is 0 Å². The molecule has 0 aliphatic carbocycles. The summed E-state index contributed by atoms with van der Waals surface area (Å²) >= 11 is 1.37. The summed E-state index contributed by atoms with van der Waals surface area (Å²) in [4.78, 5) is 28.5. The second-order valence-electron chi connectivity index (χ2n) is 7.26. The minimum Gasteiger partial charge on any atom is -0.497 e. The van der Waals surface area contributed by atoms with E-state index in [0.717, 1.165) is 31.4 Å². The largest absolute Gasteiger partial charge is 0.497 e. The summed E-state index contributed by atoms with van der Waals surface area (Å²) in [6.07, 6.45) is 3.06. The first-order valence-electron chi connectivity index (χ1n) is 10.00. The molecule has 30 heavy (non-hydrogen) atoms. The van der Waals surface area contributed by atoms with Crippen molar-refractivity contribution in [1.29, 1.82) is 0 Å². The van der Waals surface area contributed by atoms with Crippen molar-refractivity contribution in [1.82, 2.24) is 15.5 Å². The summed E-state index contributed by atoms with van der Waals surface area (Å²) in [6.45, 7) is 1.79. The normalized spacial score (nSPS) is 18.7. The van der Waals surface area contributed by atoms with E-state index in [2.05, 4.69) is 15.5 Å². The van der Waals surface area contributed by atoms with Crippen LogP contribution in [0.15, 0.2) is 18.2 Å². The van der Waals surface area contributed by atoms with Gasteiger partial charge in [-0.2, -0.15) is 0 Å². The fraction of sp³-hybridized carbons (Fsp3) is 0.500. The number of hydrogen-bond acceptors (Lipinski definition) is 8. The second-order valence-corrected chi connectivity index (χ2v) is 8.20. The highest BCUT2D eigenvalue weighted by Gasteiger charge is 2.34. The Kier molecular flexibility index (Phi) is 6.03. The highest BCUT2D eigenvalue weighted by molar-refractivity contribution is 7.19. The van der Waals surface area contributed by atoms with Crippen LogP contribution in [0.3, 0.4) is 0 Å². The second kappa shape index (κ2) is 8.86. The van der Waals surface area contributed by atoms with Crippen LogP contribution in [0.25, 0.3) is 0 Å². The number of amides is 2. The highest BCUT2D eigenvalue weighted by Crippen LogP contribution is 2.34. The zero-order valence-corrected chi connectivity index (χ0v) is 17.9. The van der Waals surface area contributed by atoms with Gasteiger partial charge in [-0.05, 0) is 31.4 Å². The van der Waals surface area contributed by atoms with E-state index in [1.807, 2.05) is 17.0 Å². The molecule has 0 unspecified atom stereocenters. The lowest BCUT2D eigenvalue weighted by Gasteiger charge is -2.23. The van der Waals surface area contributed by atoms with E-state index in [1.54, 1.807) is 25.2 Å². The molecule has 1 aromatic heterocycles. The zero-order chi connectivity index (χ0) is 21.1. The van der Waals surface area contributed by atoms with Crippen molar-refractivity contribution in [2.75, 3.05) is 37.1 Å². The monoisotopic (exact) mass is 431 g/mol. The molecule has 2 saturated heterocycles. The molecule has 160 valence electrons. The molecule has 2 aliphatic rings. The molecule has 10 heteroatoms. The fourth-order valence-electron chi connectivity index (χ4n) is 3.85. The van der Waals surface area contributed by atoms with Crippen molar-refractivity contribution in [2.45, 2.75) is 38.3 Å². The van der Waals surface area contributed by atoms with Crippen molar-refractivity contribution in [3.8, 4) is 11.5 Å². The van der Waals surface area contributed by atoms with Crippen LogP contribution in [0.5, 0.6) is 11.5 Å². The van der Waals surface area contributed by atoms with Gasteiger partial charge in [0.15, 0.2) is 0 Å². The fourth-order valence-corrected chi connectivity index (χ4v) is 4.82. The lowest BCUT2D eigenvalue weighted by molar-refractivity contribution is -0.122. The first-order valence-corrected chi connectivity index (χ1v) is 10.8. The maximum absolute atomic E-state index is 12.9. The maximum Gasteiger partial charge on any atom is 0.243 e. The summed E-state index contributed by atoms with van der Waals surface area (Å²) in [5.41, 5.74) is 0.877. The summed E-state index contributed by atoms with van der Waals surface area (Å²) < 4.78 is 10.6. The topological polar surface area (TPSA) is 96.9 Å². The molecule has 1 N–H and O–H groups in total. The summed E-state index contributed by atoms with van der Waals surface area (Å²) in [6, 6.07) is 5.22. The SMILES string of the molecule is COc1ccc(CNC(=O)[C@H]2CCCN2c2nnc(N3CCCC3=O)s2)c(OC)c1. The van der Waals surface area contributed by atoms with Gasteiger partial charge in [0.25, 0.3) is 0 Å². The predicted molar refractivity (Wildman–Crippen MR) is 113 cm³/mol. The molecule has 1 aromatic carbocycles. The molecule has 4 rings (SSSR count). The van der Waals surface area contributed by atoms with Crippen LogP contribution in [0.4, 0.5) is 10.3 Å². The Morgan fingerprint density at radius 1 is 1.20 bits per heavy atom. The number of benzene rings is 1. The van der Waals surface area contributed by atoms with Crippen LogP contribution in [-0.2, 0) is 16.1 Å². The van der Waals surface area contributed by atoms with Gasteiger partial charge in [-0.25, -0.2) is 0 Å². The average Bonchev–Trinajstić information content (AvgIpc) is 3.51. The molecule has 0 saturated carbocycles. The van der Waals surface area contributed by atoms with Crippen LogP contribution < -0.4 is 24.6 Å². The molecule has 2 amide bonds. The van der Waals surface area contributed by atoms with Gasteiger partial charge in [0.2, 0.25) is 22.1 Å². The molecule has 2 aromatic rings. The van der Waals surface area contributed by atoms with E-state index in [9.17, 15) is 9.59 Å². The van der Waals surface area contributed by atoms with E-state index in [4.69, 9.17) is 9.47 Å². The van der Waals surface area contributed by atoms with Gasteiger partial charge in [-0.1, -0.05) is 11.3 Å². The van der Waals surface area contributed by atoms with Gasteiger partial charge in [0.05, 0.1) is 14.2 Å². The summed E-state index contributed by atoms with van der Waals surface area (Å²) in [5, 5.41) is 12.8. The number of nitrogens with one attached hydrogen (secondary N) is 1. The van der Waals surface area contributed by atoms with E-state index in [1.165, 1.54) is 11.3 Å². The molecule has 9 nitrogen and oxygen atoms in total. The molecule has 0 bridgehead atoms. The molecule has 3 heterocycles. The van der Waals surface area contributed by atoms with Crippen LogP contribution in [0, 0.1) is 0 Å². The van der Waals surface area contributed by atoms with Gasteiger partial charge in [-0.15, -0.1) is 10.2 Å². The van der Waals surface area contributed by atoms with Crippen LogP contribution >= 0.6 is 11.3 Å². The van der Waals surface area contributed by atoms with Gasteiger partial charge in [-0.3, -0.25) is 14.5 Å². The van der Waals surface area contributed by atoms with E-state index in [0.29, 0.717) is 41.3 Å². The molecular formula is C20H25N5O4S. The zero-order valence-electron chi connectivity index (χ0n) is 17.1. The quantitative estimate of drug-likeness (QED) is 0.716. The molecule has 2 fully saturated rings.